The average Bonchev–Trinajstić information content (AvgIpc) is 2.18. The second kappa shape index (κ2) is 4.73. The van der Waals surface area contributed by atoms with Crippen LogP contribution in [0.25, 0.3) is 0 Å². The Balaban J connectivity index is 2.74. The molecule has 1 N–H and O–H groups in total. The minimum Gasteiger partial charge on any atom is -0.513 e. The molecule has 0 aliphatic carbocycles. The Bertz CT molecular complexity index is 397. The zero-order chi connectivity index (χ0) is 11.4. The number of hydrogen-bond acceptors (Lipinski definition) is 2. The second-order valence-corrected chi connectivity index (χ2v) is 3.45. The summed E-state index contributed by atoms with van der Waals surface area (Å²) in [5.74, 6) is -0.450. The molecule has 0 heterocycles. The van der Waals surface area contributed by atoms with Crippen molar-refractivity contribution in [2.45, 2.75) is 19.8 Å². The molecule has 0 unspecified atom stereocenters. The number of halogens is 1. The number of aryl methyl sites for hydroxylation is 1. The Morgan fingerprint density at radius 2 is 2.13 bits per heavy atom. The summed E-state index contributed by atoms with van der Waals surface area (Å²) in [6, 6.07) is 4.24. The SMILES string of the molecule is C=C(O)CCC(=O)c1ccc(F)c(C)c1. The van der Waals surface area contributed by atoms with Crippen molar-refractivity contribution in [3.63, 3.8) is 0 Å². The number of ketones is 1. The van der Waals surface area contributed by atoms with Gasteiger partial charge in [0.1, 0.15) is 5.82 Å². The Labute approximate surface area is 88.1 Å². The maximum Gasteiger partial charge on any atom is 0.163 e. The summed E-state index contributed by atoms with van der Waals surface area (Å²) in [6.45, 7) is 4.90. The van der Waals surface area contributed by atoms with E-state index in [0.717, 1.165) is 0 Å². The predicted molar refractivity (Wildman–Crippen MR) is 56.5 cm³/mol. The molecule has 0 radical (unpaired) electrons. The van der Waals surface area contributed by atoms with E-state index in [9.17, 15) is 9.18 Å². The molecule has 0 saturated heterocycles. The standard InChI is InChI=1S/C12H13FO2/c1-8-7-10(4-5-11(8)13)12(15)6-3-9(2)14/h4-5,7,14H,2-3,6H2,1H3. The van der Waals surface area contributed by atoms with Gasteiger partial charge < -0.3 is 5.11 Å². The molecule has 3 heteroatoms. The fraction of sp³-hybridized carbons (Fsp3) is 0.250. The van der Waals surface area contributed by atoms with Crippen LogP contribution in [0.2, 0.25) is 0 Å². The molecule has 1 rings (SSSR count). The van der Waals surface area contributed by atoms with E-state index < -0.39 is 0 Å². The lowest BCUT2D eigenvalue weighted by atomic mass is 10.0. The number of allylic oxidation sites excluding steroid dienone is 1. The van der Waals surface area contributed by atoms with Crippen LogP contribution < -0.4 is 0 Å². The van der Waals surface area contributed by atoms with Crippen LogP contribution in [0.4, 0.5) is 4.39 Å². The lowest BCUT2D eigenvalue weighted by molar-refractivity contribution is 0.0978. The Morgan fingerprint density at radius 3 is 2.67 bits per heavy atom. The minimum atomic E-state index is -0.321. The molecule has 1 aromatic rings. The molecule has 0 spiro atoms. The van der Waals surface area contributed by atoms with Crippen molar-refractivity contribution in [2.24, 2.45) is 0 Å². The first-order chi connectivity index (χ1) is 7.00. The molecular formula is C12H13FO2. The molecule has 80 valence electrons. The molecule has 0 saturated carbocycles. The minimum absolute atomic E-state index is 0.0119. The van der Waals surface area contributed by atoms with Gasteiger partial charge >= 0.3 is 0 Å². The monoisotopic (exact) mass is 208 g/mol. The highest BCUT2D eigenvalue weighted by Gasteiger charge is 2.08. The van der Waals surface area contributed by atoms with Crippen molar-refractivity contribution in [1.82, 2.24) is 0 Å². The van der Waals surface area contributed by atoms with Gasteiger partial charge in [0, 0.05) is 18.4 Å². The molecular weight excluding hydrogens is 195 g/mol. The Kier molecular flexibility index (Phi) is 3.61. The topological polar surface area (TPSA) is 37.3 Å². The highest BCUT2D eigenvalue weighted by atomic mass is 19.1. The summed E-state index contributed by atoms with van der Waals surface area (Å²) in [7, 11) is 0. The molecule has 15 heavy (non-hydrogen) atoms. The lowest BCUT2D eigenvalue weighted by Crippen LogP contribution is -2.00. The molecule has 0 atom stereocenters. The van der Waals surface area contributed by atoms with E-state index in [1.165, 1.54) is 18.2 Å². The third-order valence-corrected chi connectivity index (χ3v) is 2.12. The molecule has 0 aromatic heterocycles. The summed E-state index contributed by atoms with van der Waals surface area (Å²) in [6.07, 6.45) is 0.440. The van der Waals surface area contributed by atoms with Crippen LogP contribution in [0.3, 0.4) is 0 Å². The third kappa shape index (κ3) is 3.20. The van der Waals surface area contributed by atoms with Gasteiger partial charge in [0.15, 0.2) is 5.78 Å². The molecule has 2 nitrogen and oxygen atoms in total. The van der Waals surface area contributed by atoms with E-state index in [2.05, 4.69) is 6.58 Å². The summed E-state index contributed by atoms with van der Waals surface area (Å²) >= 11 is 0. The average molecular weight is 208 g/mol. The smallest absolute Gasteiger partial charge is 0.163 e. The first-order valence-corrected chi connectivity index (χ1v) is 4.67. The van der Waals surface area contributed by atoms with Gasteiger partial charge in [0.05, 0.1) is 5.76 Å². The number of carbonyl (C=O) groups is 1. The summed E-state index contributed by atoms with van der Waals surface area (Å²) in [5, 5.41) is 8.84. The molecule has 0 amide bonds. The van der Waals surface area contributed by atoms with Gasteiger partial charge in [-0.1, -0.05) is 6.58 Å². The van der Waals surface area contributed by atoms with Crippen LogP contribution in [0.5, 0.6) is 0 Å². The van der Waals surface area contributed by atoms with Gasteiger partial charge in [-0.25, -0.2) is 4.39 Å². The van der Waals surface area contributed by atoms with Crippen molar-refractivity contribution < 1.29 is 14.3 Å². The van der Waals surface area contributed by atoms with Gasteiger partial charge in [-0.05, 0) is 30.7 Å². The van der Waals surface area contributed by atoms with Crippen LogP contribution in [-0.2, 0) is 0 Å². The van der Waals surface area contributed by atoms with E-state index in [0.29, 0.717) is 11.1 Å². The zero-order valence-corrected chi connectivity index (χ0v) is 8.59. The normalized spacial score (nSPS) is 10.0. The number of Topliss-reactive ketones (excluding diaryl/α,β-unsaturated/α-hetero) is 1. The maximum absolute atomic E-state index is 12.9. The number of rotatable bonds is 4. The number of aliphatic hydroxyl groups is 1. The summed E-state index contributed by atoms with van der Waals surface area (Å²) in [5.41, 5.74) is 0.916. The highest BCUT2D eigenvalue weighted by molar-refractivity contribution is 5.96. The fourth-order valence-electron chi connectivity index (χ4n) is 1.22. The maximum atomic E-state index is 12.9. The quantitative estimate of drug-likeness (QED) is 0.609. The fourth-order valence-corrected chi connectivity index (χ4v) is 1.22. The molecule has 0 aliphatic rings. The highest BCUT2D eigenvalue weighted by Crippen LogP contribution is 2.12. The van der Waals surface area contributed by atoms with E-state index in [1.807, 2.05) is 0 Å². The van der Waals surface area contributed by atoms with Gasteiger partial charge in [-0.2, -0.15) is 0 Å². The van der Waals surface area contributed by atoms with Crippen molar-refractivity contribution >= 4 is 5.78 Å². The second-order valence-electron chi connectivity index (χ2n) is 3.45. The first kappa shape index (κ1) is 11.4. The van der Waals surface area contributed by atoms with E-state index in [-0.39, 0.29) is 30.2 Å². The Morgan fingerprint density at radius 1 is 1.47 bits per heavy atom. The van der Waals surface area contributed by atoms with Gasteiger partial charge in [0.25, 0.3) is 0 Å². The van der Waals surface area contributed by atoms with Gasteiger partial charge in [0.2, 0.25) is 0 Å². The van der Waals surface area contributed by atoms with Crippen LogP contribution in [-0.4, -0.2) is 10.9 Å². The molecule has 0 bridgehead atoms. The molecule has 0 fully saturated rings. The zero-order valence-electron chi connectivity index (χ0n) is 8.59. The third-order valence-electron chi connectivity index (χ3n) is 2.12. The summed E-state index contributed by atoms with van der Waals surface area (Å²) < 4.78 is 12.9. The largest absolute Gasteiger partial charge is 0.513 e. The number of aliphatic hydroxyl groups excluding tert-OH is 1. The van der Waals surface area contributed by atoms with E-state index in [1.54, 1.807) is 6.92 Å². The van der Waals surface area contributed by atoms with Crippen molar-refractivity contribution in [1.29, 1.82) is 0 Å². The van der Waals surface area contributed by atoms with E-state index >= 15 is 0 Å². The van der Waals surface area contributed by atoms with Crippen LogP contribution in [0, 0.1) is 12.7 Å². The Hall–Kier alpha value is -1.64. The van der Waals surface area contributed by atoms with Crippen molar-refractivity contribution in [3.05, 3.63) is 47.5 Å². The first-order valence-electron chi connectivity index (χ1n) is 4.67. The van der Waals surface area contributed by atoms with Crippen molar-refractivity contribution in [2.75, 3.05) is 0 Å². The summed E-state index contributed by atoms with van der Waals surface area (Å²) in [4.78, 5) is 11.5. The number of hydrogen-bond donors (Lipinski definition) is 1. The molecule has 1 aromatic carbocycles. The number of benzene rings is 1. The number of carbonyl (C=O) groups excluding carboxylic acids is 1. The predicted octanol–water partition coefficient (Wildman–Crippen LogP) is 3.17. The van der Waals surface area contributed by atoms with Gasteiger partial charge in [-0.3, -0.25) is 4.79 Å². The van der Waals surface area contributed by atoms with Crippen molar-refractivity contribution in [3.8, 4) is 0 Å². The van der Waals surface area contributed by atoms with Crippen LogP contribution >= 0.6 is 0 Å². The molecule has 0 aliphatic heterocycles. The van der Waals surface area contributed by atoms with Crippen LogP contribution in [0.1, 0.15) is 28.8 Å². The van der Waals surface area contributed by atoms with Crippen LogP contribution in [0.15, 0.2) is 30.5 Å². The van der Waals surface area contributed by atoms with Gasteiger partial charge in [-0.15, -0.1) is 0 Å². The lowest BCUT2D eigenvalue weighted by Gasteiger charge is -2.02. The van der Waals surface area contributed by atoms with E-state index in [4.69, 9.17) is 5.11 Å².